The van der Waals surface area contributed by atoms with Crippen molar-refractivity contribution in [3.8, 4) is 0 Å². The maximum absolute atomic E-state index is 12.3. The monoisotopic (exact) mass is 493 g/mol. The number of rotatable bonds is 8. The molecule has 12 heteroatoms. The zero-order chi connectivity index (χ0) is 24.2. The SMILES string of the molecule is CCOC(=O)c1c(NC(=O)COC(=O)CN=C2NS(=O)(=O)c3ccccc32)sc(CC)c1C. The third kappa shape index (κ3) is 5.40. The number of nitrogens with zero attached hydrogens (tertiary/aromatic N) is 1. The van der Waals surface area contributed by atoms with Gasteiger partial charge in [-0.05, 0) is 38.0 Å². The van der Waals surface area contributed by atoms with Crippen LogP contribution >= 0.6 is 11.3 Å². The van der Waals surface area contributed by atoms with Crippen molar-refractivity contribution in [2.24, 2.45) is 4.99 Å². The van der Waals surface area contributed by atoms with Crippen molar-refractivity contribution >= 4 is 50.0 Å². The van der Waals surface area contributed by atoms with E-state index in [0.29, 0.717) is 17.0 Å². The van der Waals surface area contributed by atoms with Crippen molar-refractivity contribution in [1.29, 1.82) is 0 Å². The minimum absolute atomic E-state index is 0.0345. The molecular weight excluding hydrogens is 470 g/mol. The zero-order valence-corrected chi connectivity index (χ0v) is 19.9. The Bertz CT molecular complexity index is 1230. The fourth-order valence-corrected chi connectivity index (χ4v) is 5.58. The molecule has 2 aromatic rings. The molecule has 1 aromatic carbocycles. The van der Waals surface area contributed by atoms with Crippen LogP contribution in [0.3, 0.4) is 0 Å². The van der Waals surface area contributed by atoms with Crippen LogP contribution in [0.1, 0.15) is 40.2 Å². The Kier molecular flexibility index (Phi) is 7.49. The minimum atomic E-state index is -3.72. The number of sulfonamides is 1. The van der Waals surface area contributed by atoms with Crippen LogP contribution in [-0.4, -0.2) is 51.9 Å². The number of benzene rings is 1. The van der Waals surface area contributed by atoms with Gasteiger partial charge in [-0.25, -0.2) is 13.2 Å². The van der Waals surface area contributed by atoms with Crippen molar-refractivity contribution in [3.05, 3.63) is 45.8 Å². The number of ether oxygens (including phenoxy) is 2. The van der Waals surface area contributed by atoms with Crippen molar-refractivity contribution in [1.82, 2.24) is 4.72 Å². The van der Waals surface area contributed by atoms with Gasteiger partial charge in [0.05, 0.1) is 17.1 Å². The number of aryl methyl sites for hydroxylation is 1. The van der Waals surface area contributed by atoms with Crippen LogP contribution in [-0.2, 0) is 35.5 Å². The molecule has 1 aliphatic rings. The molecule has 1 aliphatic heterocycles. The molecule has 1 aromatic heterocycles. The van der Waals surface area contributed by atoms with Gasteiger partial charge in [0.15, 0.2) is 6.61 Å². The quantitative estimate of drug-likeness (QED) is 0.536. The second-order valence-electron chi connectivity index (χ2n) is 6.90. The highest BCUT2D eigenvalue weighted by atomic mass is 32.2. The number of anilines is 1. The van der Waals surface area contributed by atoms with Gasteiger partial charge in [-0.3, -0.25) is 19.3 Å². The maximum Gasteiger partial charge on any atom is 0.341 e. The highest BCUT2D eigenvalue weighted by molar-refractivity contribution is 7.90. The van der Waals surface area contributed by atoms with E-state index in [-0.39, 0.29) is 22.9 Å². The number of amides is 1. The molecule has 0 saturated heterocycles. The third-order valence-electron chi connectivity index (χ3n) is 4.69. The Morgan fingerprint density at radius 3 is 2.58 bits per heavy atom. The Morgan fingerprint density at radius 2 is 1.88 bits per heavy atom. The average Bonchev–Trinajstić information content (AvgIpc) is 3.23. The number of carbonyl (C=O) groups is 3. The standard InChI is InChI=1S/C21H23N3O7S2/c1-4-14-12(3)18(21(27)30-5-2)20(32-14)23-16(25)11-31-17(26)10-22-19-13-8-6-7-9-15(13)33(28,29)24-19/h6-9H,4-5,10-11H2,1-3H3,(H,22,24)(H,23,25). The summed E-state index contributed by atoms with van der Waals surface area (Å²) in [6, 6.07) is 6.24. The number of hydrogen-bond donors (Lipinski definition) is 2. The summed E-state index contributed by atoms with van der Waals surface area (Å²) in [5, 5.41) is 2.93. The predicted octanol–water partition coefficient (Wildman–Crippen LogP) is 2.02. The zero-order valence-electron chi connectivity index (χ0n) is 18.3. The van der Waals surface area contributed by atoms with E-state index < -0.39 is 41.0 Å². The molecule has 2 N–H and O–H groups in total. The molecule has 0 radical (unpaired) electrons. The molecule has 2 heterocycles. The van der Waals surface area contributed by atoms with E-state index >= 15 is 0 Å². The number of nitrogens with one attached hydrogen (secondary N) is 2. The summed E-state index contributed by atoms with van der Waals surface area (Å²) >= 11 is 1.26. The second-order valence-corrected chi connectivity index (χ2v) is 9.66. The van der Waals surface area contributed by atoms with Crippen LogP contribution < -0.4 is 10.0 Å². The van der Waals surface area contributed by atoms with E-state index in [1.807, 2.05) is 6.92 Å². The van der Waals surface area contributed by atoms with Gasteiger partial charge in [-0.15, -0.1) is 11.3 Å². The molecule has 3 rings (SSSR count). The lowest BCUT2D eigenvalue weighted by atomic mass is 10.1. The van der Waals surface area contributed by atoms with Gasteiger partial charge in [-0.1, -0.05) is 19.1 Å². The summed E-state index contributed by atoms with van der Waals surface area (Å²) in [7, 11) is -3.72. The Morgan fingerprint density at radius 1 is 1.15 bits per heavy atom. The molecular formula is C21H23N3O7S2. The van der Waals surface area contributed by atoms with E-state index in [4.69, 9.17) is 9.47 Å². The minimum Gasteiger partial charge on any atom is -0.462 e. The molecule has 0 unspecified atom stereocenters. The Hall–Kier alpha value is -3.25. The first-order valence-corrected chi connectivity index (χ1v) is 12.4. The van der Waals surface area contributed by atoms with Gasteiger partial charge in [0.1, 0.15) is 17.4 Å². The largest absolute Gasteiger partial charge is 0.462 e. The van der Waals surface area contributed by atoms with Gasteiger partial charge in [0.25, 0.3) is 15.9 Å². The number of aliphatic imine (C=N–C) groups is 1. The van der Waals surface area contributed by atoms with Crippen LogP contribution in [0, 0.1) is 6.92 Å². The number of hydrogen-bond acceptors (Lipinski definition) is 9. The maximum atomic E-state index is 12.3. The molecule has 10 nitrogen and oxygen atoms in total. The van der Waals surface area contributed by atoms with E-state index in [1.165, 1.54) is 17.4 Å². The second kappa shape index (κ2) is 10.1. The predicted molar refractivity (Wildman–Crippen MR) is 122 cm³/mol. The van der Waals surface area contributed by atoms with Crippen LogP contribution in [0.4, 0.5) is 5.00 Å². The van der Waals surface area contributed by atoms with Crippen molar-refractivity contribution in [2.45, 2.75) is 32.1 Å². The molecule has 0 spiro atoms. The van der Waals surface area contributed by atoms with Crippen molar-refractivity contribution < 1.29 is 32.3 Å². The van der Waals surface area contributed by atoms with Crippen LogP contribution in [0.15, 0.2) is 34.2 Å². The molecule has 1 amide bonds. The molecule has 0 saturated carbocycles. The molecule has 0 bridgehead atoms. The number of carbonyl (C=O) groups excluding carboxylic acids is 3. The van der Waals surface area contributed by atoms with E-state index in [0.717, 1.165) is 10.4 Å². The summed E-state index contributed by atoms with van der Waals surface area (Å²) in [6.45, 7) is 4.54. The van der Waals surface area contributed by atoms with E-state index in [1.54, 1.807) is 32.0 Å². The number of esters is 2. The molecule has 0 aliphatic carbocycles. The van der Waals surface area contributed by atoms with Gasteiger partial charge < -0.3 is 14.8 Å². The summed E-state index contributed by atoms with van der Waals surface area (Å²) in [6.07, 6.45) is 0.682. The van der Waals surface area contributed by atoms with Crippen LogP contribution in [0.2, 0.25) is 0 Å². The summed E-state index contributed by atoms with van der Waals surface area (Å²) < 4.78 is 36.4. The van der Waals surface area contributed by atoms with E-state index in [9.17, 15) is 22.8 Å². The number of amidine groups is 1. The lowest BCUT2D eigenvalue weighted by Gasteiger charge is -2.07. The first-order chi connectivity index (χ1) is 15.7. The summed E-state index contributed by atoms with van der Waals surface area (Å²) in [4.78, 5) is 41.6. The first-order valence-electron chi connectivity index (χ1n) is 10.1. The van der Waals surface area contributed by atoms with Gasteiger partial charge in [-0.2, -0.15) is 0 Å². The number of fused-ring (bicyclic) bond motifs is 1. The fourth-order valence-electron chi connectivity index (χ4n) is 3.18. The molecule has 0 fully saturated rings. The number of thiophene rings is 1. The Balaban J connectivity index is 1.61. The van der Waals surface area contributed by atoms with Gasteiger partial charge >= 0.3 is 11.9 Å². The molecule has 0 atom stereocenters. The summed E-state index contributed by atoms with van der Waals surface area (Å²) in [5.41, 5.74) is 1.38. The average molecular weight is 494 g/mol. The molecule has 33 heavy (non-hydrogen) atoms. The summed E-state index contributed by atoms with van der Waals surface area (Å²) in [5.74, 6) is -1.94. The third-order valence-corrected chi connectivity index (χ3v) is 7.44. The van der Waals surface area contributed by atoms with Gasteiger partial charge in [0.2, 0.25) is 0 Å². The highest BCUT2D eigenvalue weighted by Gasteiger charge is 2.30. The fraction of sp³-hybridized carbons (Fsp3) is 0.333. The lowest BCUT2D eigenvalue weighted by Crippen LogP contribution is -2.25. The smallest absolute Gasteiger partial charge is 0.341 e. The van der Waals surface area contributed by atoms with E-state index in [2.05, 4.69) is 15.0 Å². The van der Waals surface area contributed by atoms with Crippen LogP contribution in [0.25, 0.3) is 0 Å². The van der Waals surface area contributed by atoms with Gasteiger partial charge in [0, 0.05) is 10.4 Å². The highest BCUT2D eigenvalue weighted by Crippen LogP contribution is 2.34. The topological polar surface area (TPSA) is 140 Å². The Labute approximate surface area is 195 Å². The van der Waals surface area contributed by atoms with Crippen molar-refractivity contribution in [3.63, 3.8) is 0 Å². The molecule has 176 valence electrons. The lowest BCUT2D eigenvalue weighted by molar-refractivity contribution is -0.145. The first kappa shape index (κ1) is 24.4. The van der Waals surface area contributed by atoms with Crippen LogP contribution in [0.5, 0.6) is 0 Å². The van der Waals surface area contributed by atoms with Crippen molar-refractivity contribution in [2.75, 3.05) is 25.1 Å². The normalized spacial score (nSPS) is 14.9.